The van der Waals surface area contributed by atoms with Crippen molar-refractivity contribution in [1.82, 2.24) is 0 Å². The summed E-state index contributed by atoms with van der Waals surface area (Å²) in [5, 5.41) is 9.21. The number of hydrogen-bond acceptors (Lipinski definition) is 5. The molecular weight excluding hydrogens is 348 g/mol. The van der Waals surface area contributed by atoms with Crippen LogP contribution in [0.25, 0.3) is 0 Å². The number of nitrogens with two attached hydrogens (primary N) is 1. The molecule has 1 aromatic heterocycles. The van der Waals surface area contributed by atoms with Crippen molar-refractivity contribution in [2.75, 3.05) is 6.61 Å². The Bertz CT molecular complexity index is 718. The zero-order valence-corrected chi connectivity index (χ0v) is 15.7. The van der Waals surface area contributed by atoms with Crippen LogP contribution < -0.4 is 10.3 Å². The lowest BCUT2D eigenvalue weighted by Crippen LogP contribution is -2.43. The Labute approximate surface area is 159 Å². The zero-order chi connectivity index (χ0) is 20.1. The van der Waals surface area contributed by atoms with E-state index in [-0.39, 0.29) is 29.9 Å². The molecule has 0 aliphatic carbocycles. The predicted molar refractivity (Wildman–Crippen MR) is 98.7 cm³/mol. The van der Waals surface area contributed by atoms with Crippen molar-refractivity contribution >= 4 is 11.9 Å². The molecule has 1 fully saturated rings. The first-order valence-corrected chi connectivity index (χ1v) is 8.87. The number of esters is 1. The summed E-state index contributed by atoms with van der Waals surface area (Å²) in [6.45, 7) is 11.5. The third kappa shape index (κ3) is 4.61. The normalized spacial score (nSPS) is 25.8. The van der Waals surface area contributed by atoms with Crippen molar-refractivity contribution in [3.8, 4) is 0 Å². The molecular formula is C20H27N2O5+. The maximum Gasteiger partial charge on any atom is 0.341 e. The van der Waals surface area contributed by atoms with Crippen LogP contribution in [0.4, 0.5) is 0 Å². The second-order valence-electron chi connectivity index (χ2n) is 6.94. The smallest absolute Gasteiger partial charge is 0.341 e. The predicted octanol–water partition coefficient (Wildman–Crippen LogP) is 1.70. The maximum absolute atomic E-state index is 12.0. The highest BCUT2D eigenvalue weighted by Gasteiger charge is 2.47. The summed E-state index contributed by atoms with van der Waals surface area (Å²) in [7, 11) is 0. The first-order valence-electron chi connectivity index (χ1n) is 8.87. The first kappa shape index (κ1) is 20.8. The van der Waals surface area contributed by atoms with Gasteiger partial charge in [0.1, 0.15) is 24.3 Å². The van der Waals surface area contributed by atoms with Gasteiger partial charge >= 0.3 is 11.9 Å². The zero-order valence-electron chi connectivity index (χ0n) is 15.7. The fraction of sp³-hybridized carbons (Fsp3) is 0.450. The number of aromatic nitrogens is 1. The van der Waals surface area contributed by atoms with Crippen molar-refractivity contribution < 1.29 is 28.7 Å². The Morgan fingerprint density at radius 1 is 1.37 bits per heavy atom. The van der Waals surface area contributed by atoms with Gasteiger partial charge in [-0.2, -0.15) is 4.57 Å². The third-order valence-electron chi connectivity index (χ3n) is 4.80. The quantitative estimate of drug-likeness (QED) is 0.407. The molecule has 0 amide bonds. The minimum Gasteiger partial charge on any atom is -0.477 e. The van der Waals surface area contributed by atoms with Crippen LogP contribution >= 0.6 is 0 Å². The summed E-state index contributed by atoms with van der Waals surface area (Å²) in [6, 6.07) is 2.46. The number of carboxylic acids is 1. The topological polar surface area (TPSA) is 103 Å². The van der Waals surface area contributed by atoms with Crippen LogP contribution in [-0.4, -0.2) is 35.8 Å². The molecule has 1 aromatic rings. The van der Waals surface area contributed by atoms with Gasteiger partial charge < -0.3 is 20.3 Å². The second kappa shape index (κ2) is 8.92. The molecule has 0 saturated carbocycles. The number of carbonyl (C=O) groups excluding carboxylic acids is 1. The average molecular weight is 375 g/mol. The van der Waals surface area contributed by atoms with Crippen LogP contribution in [0.1, 0.15) is 30.4 Å². The SMILES string of the molecule is C=C[C@@H]1[C@H](C=C)[C@@H](COC(=O)[C@@H](N)C(C)C)O[C@H]1[n+]1cccc(C(=O)O)c1. The molecule has 5 atom stereocenters. The van der Waals surface area contributed by atoms with Gasteiger partial charge in [0, 0.05) is 12.0 Å². The van der Waals surface area contributed by atoms with E-state index in [1.807, 2.05) is 13.8 Å². The third-order valence-corrected chi connectivity index (χ3v) is 4.80. The average Bonchev–Trinajstić information content (AvgIpc) is 3.02. The number of carbonyl (C=O) groups is 2. The highest BCUT2D eigenvalue weighted by atomic mass is 16.6. The summed E-state index contributed by atoms with van der Waals surface area (Å²) in [5.74, 6) is -1.82. The number of carboxylic acid groups (broad SMARTS) is 1. The number of pyridine rings is 1. The maximum atomic E-state index is 12.0. The van der Waals surface area contributed by atoms with E-state index >= 15 is 0 Å². The van der Waals surface area contributed by atoms with E-state index in [9.17, 15) is 14.7 Å². The molecule has 2 heterocycles. The van der Waals surface area contributed by atoms with E-state index in [2.05, 4.69) is 13.2 Å². The van der Waals surface area contributed by atoms with Gasteiger partial charge in [0.2, 0.25) is 0 Å². The fourth-order valence-corrected chi connectivity index (χ4v) is 3.11. The Morgan fingerprint density at radius 3 is 2.59 bits per heavy atom. The lowest BCUT2D eigenvalue weighted by Gasteiger charge is -2.19. The van der Waals surface area contributed by atoms with Gasteiger partial charge in [0.15, 0.2) is 12.4 Å². The Hall–Kier alpha value is -2.51. The Balaban J connectivity index is 2.18. The highest BCUT2D eigenvalue weighted by molar-refractivity contribution is 5.86. The number of rotatable bonds is 8. The van der Waals surface area contributed by atoms with Crippen molar-refractivity contribution in [3.63, 3.8) is 0 Å². The van der Waals surface area contributed by atoms with E-state index in [0.29, 0.717) is 0 Å². The van der Waals surface area contributed by atoms with Gasteiger partial charge in [0.05, 0.1) is 5.92 Å². The van der Waals surface area contributed by atoms with Gasteiger partial charge in [-0.3, -0.25) is 4.79 Å². The molecule has 0 radical (unpaired) electrons. The minimum atomic E-state index is -1.02. The number of nitrogens with zero attached hydrogens (tertiary/aromatic N) is 1. The first-order chi connectivity index (χ1) is 12.8. The van der Waals surface area contributed by atoms with Crippen LogP contribution in [-0.2, 0) is 14.3 Å². The summed E-state index contributed by atoms with van der Waals surface area (Å²) in [4.78, 5) is 23.3. The lowest BCUT2D eigenvalue weighted by molar-refractivity contribution is -0.764. The summed E-state index contributed by atoms with van der Waals surface area (Å²) in [5.41, 5.74) is 5.97. The molecule has 1 aliphatic rings. The number of ether oxygens (including phenoxy) is 2. The standard InChI is InChI=1S/C20H26N2O5/c1-5-14-15(6-2)18(22-9-7-8-13(10-22)19(23)24)27-16(14)11-26-20(25)17(21)12(3)4/h5-10,12,14-18H,1-2,11,21H2,3-4H3/p+1/t14-,15+,16+,17-,18+/m0/s1. The van der Waals surface area contributed by atoms with E-state index in [0.717, 1.165) is 0 Å². The molecule has 7 nitrogen and oxygen atoms in total. The molecule has 1 aliphatic heterocycles. The van der Waals surface area contributed by atoms with Gasteiger partial charge in [-0.25, -0.2) is 4.79 Å². The molecule has 0 bridgehead atoms. The summed E-state index contributed by atoms with van der Waals surface area (Å²) in [6.07, 6.45) is 5.82. The summed E-state index contributed by atoms with van der Waals surface area (Å²) >= 11 is 0. The number of aromatic carboxylic acids is 1. The Kier molecular flexibility index (Phi) is 6.87. The van der Waals surface area contributed by atoms with E-state index in [1.165, 1.54) is 12.3 Å². The van der Waals surface area contributed by atoms with E-state index in [4.69, 9.17) is 15.2 Å². The lowest BCUT2D eigenvalue weighted by atomic mass is 9.89. The minimum absolute atomic E-state index is 0.0276. The van der Waals surface area contributed by atoms with Crippen LogP contribution in [0.2, 0.25) is 0 Å². The van der Waals surface area contributed by atoms with Crippen LogP contribution in [0, 0.1) is 17.8 Å². The van der Waals surface area contributed by atoms with Crippen molar-refractivity contribution in [2.45, 2.75) is 32.2 Å². The molecule has 1 saturated heterocycles. The molecule has 146 valence electrons. The van der Waals surface area contributed by atoms with Crippen LogP contribution in [0.3, 0.4) is 0 Å². The monoisotopic (exact) mass is 375 g/mol. The molecule has 0 spiro atoms. The highest BCUT2D eigenvalue weighted by Crippen LogP contribution is 2.38. The molecule has 0 unspecified atom stereocenters. The molecule has 2 rings (SSSR count). The van der Waals surface area contributed by atoms with Gasteiger partial charge in [-0.1, -0.05) is 26.0 Å². The second-order valence-corrected chi connectivity index (χ2v) is 6.94. The van der Waals surface area contributed by atoms with Gasteiger partial charge in [0.25, 0.3) is 6.23 Å². The van der Waals surface area contributed by atoms with Crippen molar-refractivity contribution in [2.24, 2.45) is 23.5 Å². The largest absolute Gasteiger partial charge is 0.477 e. The van der Waals surface area contributed by atoms with E-state index in [1.54, 1.807) is 29.0 Å². The Morgan fingerprint density at radius 2 is 2.04 bits per heavy atom. The van der Waals surface area contributed by atoms with Crippen LogP contribution in [0.5, 0.6) is 0 Å². The van der Waals surface area contributed by atoms with Crippen molar-refractivity contribution in [3.05, 3.63) is 55.4 Å². The number of hydrogen-bond donors (Lipinski definition) is 2. The van der Waals surface area contributed by atoms with Gasteiger partial charge in [-0.05, 0) is 12.0 Å². The molecule has 27 heavy (non-hydrogen) atoms. The fourth-order valence-electron chi connectivity index (χ4n) is 3.11. The summed E-state index contributed by atoms with van der Waals surface area (Å²) < 4.78 is 13.1. The van der Waals surface area contributed by atoms with Crippen molar-refractivity contribution in [1.29, 1.82) is 0 Å². The van der Waals surface area contributed by atoms with Gasteiger partial charge in [-0.15, -0.1) is 13.2 Å². The molecule has 7 heteroatoms. The molecule has 3 N–H and O–H groups in total. The van der Waals surface area contributed by atoms with Crippen LogP contribution in [0.15, 0.2) is 49.8 Å². The molecule has 0 aromatic carbocycles. The van der Waals surface area contributed by atoms with E-state index < -0.39 is 30.3 Å².